The topological polar surface area (TPSA) is 147 Å². The molecule has 32 heavy (non-hydrogen) atoms. The quantitative estimate of drug-likeness (QED) is 0.461. The van der Waals surface area contributed by atoms with Crippen LogP contribution in [0, 0.1) is 15.5 Å². The Bertz CT molecular complexity index is 1290. The second-order valence-corrected chi connectivity index (χ2v) is 9.63. The van der Waals surface area contributed by atoms with Crippen LogP contribution in [-0.4, -0.2) is 45.7 Å². The van der Waals surface area contributed by atoms with Crippen molar-refractivity contribution in [2.24, 2.45) is 12.5 Å². The van der Waals surface area contributed by atoms with E-state index in [1.165, 1.54) is 17.1 Å². The van der Waals surface area contributed by atoms with Gasteiger partial charge in [-0.2, -0.15) is 4.68 Å². The molecule has 1 aliphatic heterocycles. The Balaban J connectivity index is 1.62. The number of Topliss-reactive ketones (excluding diaryl/α,β-unsaturated/α-hetero) is 1. The van der Waals surface area contributed by atoms with Crippen LogP contribution >= 0.6 is 11.8 Å². The van der Waals surface area contributed by atoms with Gasteiger partial charge in [0.25, 0.3) is 5.69 Å². The molecule has 3 aromatic rings. The molecule has 0 unspecified atom stereocenters. The molecule has 164 valence electrons. The number of hydrogen-bond donors (Lipinski definition) is 1. The fraction of sp³-hybridized carbons (Fsp3) is 0.368. The average molecular weight is 453 g/mol. The number of ketones is 1. The molecule has 0 amide bonds. The van der Waals surface area contributed by atoms with Crippen LogP contribution in [0.15, 0.2) is 45.8 Å². The van der Waals surface area contributed by atoms with Crippen LogP contribution in [0.4, 0.5) is 11.6 Å². The maximum absolute atomic E-state index is 13.2. The monoisotopic (exact) mass is 453 g/mol. The largest absolute Gasteiger partial charge is 0.326 e. The average Bonchev–Trinajstić information content (AvgIpc) is 3.34. The minimum Gasteiger partial charge on any atom is -0.326 e. The smallest absolute Gasteiger partial charge is 0.283 e. The molecule has 3 heterocycles. The Morgan fingerprint density at radius 1 is 1.28 bits per heavy atom. The van der Waals surface area contributed by atoms with Crippen LogP contribution in [0.1, 0.15) is 38.3 Å². The summed E-state index contributed by atoms with van der Waals surface area (Å²) in [4.78, 5) is 25.1. The van der Waals surface area contributed by atoms with Crippen LogP contribution in [0.5, 0.6) is 0 Å². The highest BCUT2D eigenvalue weighted by Gasteiger charge is 2.42. The van der Waals surface area contributed by atoms with E-state index in [9.17, 15) is 14.9 Å². The second kappa shape index (κ2) is 7.22. The molecular formula is C19H19N9O3S. The molecule has 0 bridgehead atoms. The number of carbonyl (C=O) groups is 1. The zero-order chi connectivity index (χ0) is 22.6. The number of nitrogens with zero attached hydrogens (tertiary/aromatic N) is 8. The number of allylic oxidation sites excluding steroid dienone is 2. The van der Waals surface area contributed by atoms with Gasteiger partial charge in [-0.05, 0) is 45.7 Å². The SMILES string of the molecule is Cn1cnnc1Sc1ccc([C@H]2C3=C(CC(C)(C)CC3=O)Nc3nnnn32)cc1[N+](=O)[O-]. The first-order chi connectivity index (χ1) is 15.2. The van der Waals surface area contributed by atoms with E-state index < -0.39 is 11.0 Å². The van der Waals surface area contributed by atoms with Gasteiger partial charge in [-0.1, -0.05) is 25.0 Å². The van der Waals surface area contributed by atoms with Crippen molar-refractivity contribution in [3.63, 3.8) is 0 Å². The fourth-order valence-corrected chi connectivity index (χ4v) is 5.03. The number of benzene rings is 1. The molecule has 0 saturated carbocycles. The molecule has 0 radical (unpaired) electrons. The molecule has 0 spiro atoms. The maximum Gasteiger partial charge on any atom is 0.283 e. The number of fused-ring (bicyclic) bond motifs is 1. The summed E-state index contributed by atoms with van der Waals surface area (Å²) < 4.78 is 3.19. The predicted octanol–water partition coefficient (Wildman–Crippen LogP) is 2.52. The molecule has 5 rings (SSSR count). The van der Waals surface area contributed by atoms with Gasteiger partial charge in [0.1, 0.15) is 12.4 Å². The first kappa shape index (κ1) is 20.3. The fourth-order valence-electron chi connectivity index (χ4n) is 4.18. The van der Waals surface area contributed by atoms with Gasteiger partial charge in [0.05, 0.1) is 9.82 Å². The zero-order valence-electron chi connectivity index (χ0n) is 17.5. The Morgan fingerprint density at radius 3 is 2.81 bits per heavy atom. The number of nitro benzene ring substituents is 1. The van der Waals surface area contributed by atoms with Crippen molar-refractivity contribution in [3.05, 3.63) is 51.5 Å². The van der Waals surface area contributed by atoms with E-state index in [0.717, 1.165) is 17.5 Å². The molecule has 0 saturated heterocycles. The highest BCUT2D eigenvalue weighted by Crippen LogP contribution is 2.46. The number of aromatic nitrogens is 7. The van der Waals surface area contributed by atoms with Crippen molar-refractivity contribution in [1.29, 1.82) is 0 Å². The van der Waals surface area contributed by atoms with Crippen LogP contribution in [-0.2, 0) is 11.8 Å². The van der Waals surface area contributed by atoms with Crippen LogP contribution in [0.2, 0.25) is 0 Å². The number of tetrazole rings is 1. The van der Waals surface area contributed by atoms with E-state index in [2.05, 4.69) is 31.0 Å². The van der Waals surface area contributed by atoms with Crippen molar-refractivity contribution < 1.29 is 9.72 Å². The molecule has 2 aromatic heterocycles. The molecule has 13 heteroatoms. The van der Waals surface area contributed by atoms with E-state index in [-0.39, 0.29) is 16.9 Å². The minimum atomic E-state index is -0.646. The first-order valence-corrected chi connectivity index (χ1v) is 10.7. The highest BCUT2D eigenvalue weighted by atomic mass is 32.2. The van der Waals surface area contributed by atoms with Gasteiger partial charge >= 0.3 is 0 Å². The number of hydrogen-bond acceptors (Lipinski definition) is 10. The van der Waals surface area contributed by atoms with Crippen LogP contribution in [0.25, 0.3) is 0 Å². The van der Waals surface area contributed by atoms with Crippen molar-refractivity contribution in [1.82, 2.24) is 35.0 Å². The molecule has 0 fully saturated rings. The van der Waals surface area contributed by atoms with E-state index in [0.29, 0.717) is 40.0 Å². The third-order valence-corrected chi connectivity index (χ3v) is 6.68. The molecule has 1 atom stereocenters. The van der Waals surface area contributed by atoms with E-state index >= 15 is 0 Å². The summed E-state index contributed by atoms with van der Waals surface area (Å²) >= 11 is 1.15. The summed E-state index contributed by atoms with van der Waals surface area (Å²) in [5, 5.41) is 35.2. The van der Waals surface area contributed by atoms with Gasteiger partial charge < -0.3 is 9.88 Å². The minimum absolute atomic E-state index is 0.0184. The lowest BCUT2D eigenvalue weighted by Crippen LogP contribution is -2.36. The summed E-state index contributed by atoms with van der Waals surface area (Å²) in [6, 6.07) is 4.27. The van der Waals surface area contributed by atoms with Crippen molar-refractivity contribution >= 4 is 29.2 Å². The molecule has 12 nitrogen and oxygen atoms in total. The van der Waals surface area contributed by atoms with Crippen molar-refractivity contribution in [3.8, 4) is 0 Å². The van der Waals surface area contributed by atoms with Crippen molar-refractivity contribution in [2.75, 3.05) is 5.32 Å². The lowest BCUT2D eigenvalue weighted by Gasteiger charge is -2.37. The summed E-state index contributed by atoms with van der Waals surface area (Å²) in [7, 11) is 1.76. The van der Waals surface area contributed by atoms with Gasteiger partial charge in [0.15, 0.2) is 10.9 Å². The van der Waals surface area contributed by atoms with Crippen LogP contribution in [0.3, 0.4) is 0 Å². The Labute approximate surface area is 186 Å². The summed E-state index contributed by atoms with van der Waals surface area (Å²) in [5.41, 5.74) is 1.58. The predicted molar refractivity (Wildman–Crippen MR) is 113 cm³/mol. The third-order valence-electron chi connectivity index (χ3n) is 5.56. The number of rotatable bonds is 4. The molecular weight excluding hydrogens is 434 g/mol. The van der Waals surface area contributed by atoms with E-state index in [1.807, 2.05) is 13.8 Å². The first-order valence-electron chi connectivity index (χ1n) is 9.85. The van der Waals surface area contributed by atoms with Gasteiger partial charge in [-0.15, -0.1) is 10.2 Å². The van der Waals surface area contributed by atoms with Gasteiger partial charge in [-0.3, -0.25) is 14.9 Å². The van der Waals surface area contributed by atoms with Crippen LogP contribution < -0.4 is 5.32 Å². The summed E-state index contributed by atoms with van der Waals surface area (Å²) in [6.07, 6.45) is 2.56. The Hall–Kier alpha value is -3.61. The van der Waals surface area contributed by atoms with E-state index in [4.69, 9.17) is 0 Å². The van der Waals surface area contributed by atoms with Crippen molar-refractivity contribution in [2.45, 2.75) is 42.8 Å². The third kappa shape index (κ3) is 3.34. The Morgan fingerprint density at radius 2 is 2.09 bits per heavy atom. The van der Waals surface area contributed by atoms with E-state index in [1.54, 1.807) is 23.7 Å². The molecule has 1 aromatic carbocycles. The molecule has 2 aliphatic rings. The zero-order valence-corrected chi connectivity index (χ0v) is 18.3. The van der Waals surface area contributed by atoms with Gasteiger partial charge in [0.2, 0.25) is 5.95 Å². The highest BCUT2D eigenvalue weighted by molar-refractivity contribution is 7.99. The standard InChI is InChI=1S/C19H19N9O3S/c1-19(2)7-11-15(13(29)8-19)16(27-17(21-11)22-24-25-27)10-4-5-14(12(6-10)28(30)31)32-18-23-20-9-26(18)3/h4-6,9,16H,7-8H2,1-3H3,(H,21,22,25)/t16-/m0/s1. The number of nitro groups is 1. The maximum atomic E-state index is 13.2. The Kier molecular flexibility index (Phi) is 4.58. The number of aryl methyl sites for hydroxylation is 1. The summed E-state index contributed by atoms with van der Waals surface area (Å²) in [6.45, 7) is 4.07. The molecule has 1 N–H and O–H groups in total. The lowest BCUT2D eigenvalue weighted by molar-refractivity contribution is -0.387. The molecule has 1 aliphatic carbocycles. The second-order valence-electron chi connectivity index (χ2n) is 8.62. The van der Waals surface area contributed by atoms with Gasteiger partial charge in [-0.25, -0.2) is 0 Å². The van der Waals surface area contributed by atoms with Gasteiger partial charge in [0, 0.05) is 30.8 Å². The summed E-state index contributed by atoms with van der Waals surface area (Å²) in [5.74, 6) is 0.384. The normalized spacial score (nSPS) is 19.3. The number of carbonyl (C=O) groups excluding carboxylic acids is 1. The lowest BCUT2D eigenvalue weighted by atomic mass is 9.73. The number of anilines is 1. The number of nitrogens with one attached hydrogen (secondary N) is 1.